The Morgan fingerprint density at radius 1 is 1.38 bits per heavy atom. The van der Waals surface area contributed by atoms with Gasteiger partial charge in [-0.2, -0.15) is 0 Å². The predicted octanol–water partition coefficient (Wildman–Crippen LogP) is 1.63. The van der Waals surface area contributed by atoms with E-state index in [4.69, 9.17) is 10.2 Å². The molecule has 0 bridgehead atoms. The van der Waals surface area contributed by atoms with Gasteiger partial charge in [-0.1, -0.05) is 13.8 Å². The van der Waals surface area contributed by atoms with Gasteiger partial charge in [0.25, 0.3) is 0 Å². The second-order valence-corrected chi connectivity index (χ2v) is 5.92. The molecule has 0 aromatic heterocycles. The van der Waals surface area contributed by atoms with Gasteiger partial charge < -0.3 is 20.0 Å². The van der Waals surface area contributed by atoms with Gasteiger partial charge in [0.15, 0.2) is 0 Å². The molecule has 122 valence electrons. The highest BCUT2D eigenvalue weighted by molar-refractivity contribution is 5.74. The Balaban J connectivity index is 2.61. The maximum atomic E-state index is 12.5. The summed E-state index contributed by atoms with van der Waals surface area (Å²) in [4.78, 5) is 26.8. The summed E-state index contributed by atoms with van der Waals surface area (Å²) in [7, 11) is 0. The number of carbonyl (C=O) groups excluding carboxylic acids is 1. The molecular formula is C15H28N2O4. The van der Waals surface area contributed by atoms with Gasteiger partial charge in [0, 0.05) is 32.6 Å². The zero-order valence-corrected chi connectivity index (χ0v) is 13.1. The molecule has 2 atom stereocenters. The largest absolute Gasteiger partial charge is 0.481 e. The first-order valence-corrected chi connectivity index (χ1v) is 7.86. The number of carboxylic acid groups (broad SMARTS) is 1. The number of hydrogen-bond donors (Lipinski definition) is 2. The van der Waals surface area contributed by atoms with E-state index in [1.807, 2.05) is 18.7 Å². The van der Waals surface area contributed by atoms with Crippen LogP contribution < -0.4 is 0 Å². The van der Waals surface area contributed by atoms with E-state index in [9.17, 15) is 9.59 Å². The number of hydrogen-bond acceptors (Lipinski definition) is 3. The van der Waals surface area contributed by atoms with Gasteiger partial charge in [-0.25, -0.2) is 4.79 Å². The molecule has 21 heavy (non-hydrogen) atoms. The van der Waals surface area contributed by atoms with Crippen molar-refractivity contribution in [3.63, 3.8) is 0 Å². The fourth-order valence-electron chi connectivity index (χ4n) is 2.98. The Labute approximate surface area is 126 Å². The Kier molecular flexibility index (Phi) is 7.50. The molecule has 1 saturated heterocycles. The first kappa shape index (κ1) is 17.8. The molecule has 1 fully saturated rings. The zero-order valence-electron chi connectivity index (χ0n) is 13.1. The fourth-order valence-corrected chi connectivity index (χ4v) is 2.98. The topological polar surface area (TPSA) is 81.1 Å². The van der Waals surface area contributed by atoms with Crippen molar-refractivity contribution in [3.8, 4) is 0 Å². The number of nitrogens with zero attached hydrogens (tertiary/aromatic N) is 2. The zero-order chi connectivity index (χ0) is 15.8. The van der Waals surface area contributed by atoms with Crippen LogP contribution in [0.25, 0.3) is 0 Å². The number of carboxylic acids is 1. The van der Waals surface area contributed by atoms with Gasteiger partial charge >= 0.3 is 12.0 Å². The molecule has 0 saturated carbocycles. The lowest BCUT2D eigenvalue weighted by molar-refractivity contribution is -0.138. The standard InChI is InChI=1S/C15H28N2O4/c1-3-6-16(8-9-18)15(21)17-7-4-5-13(11-17)12(2)10-14(19)20/h12-13,18H,3-11H2,1-2H3,(H,19,20). The summed E-state index contributed by atoms with van der Waals surface area (Å²) < 4.78 is 0. The summed E-state index contributed by atoms with van der Waals surface area (Å²) in [5, 5.41) is 18.0. The third kappa shape index (κ3) is 5.53. The van der Waals surface area contributed by atoms with Crippen LogP contribution in [-0.4, -0.2) is 64.8 Å². The van der Waals surface area contributed by atoms with Crippen LogP contribution in [-0.2, 0) is 4.79 Å². The second kappa shape index (κ2) is 8.87. The predicted molar refractivity (Wildman–Crippen MR) is 80.1 cm³/mol. The van der Waals surface area contributed by atoms with Crippen LogP contribution in [0.4, 0.5) is 4.79 Å². The van der Waals surface area contributed by atoms with Crippen molar-refractivity contribution in [3.05, 3.63) is 0 Å². The Morgan fingerprint density at radius 2 is 2.10 bits per heavy atom. The van der Waals surface area contributed by atoms with Crippen molar-refractivity contribution in [2.45, 2.75) is 39.5 Å². The molecule has 1 aliphatic rings. The van der Waals surface area contributed by atoms with Crippen LogP contribution in [0, 0.1) is 11.8 Å². The lowest BCUT2D eigenvalue weighted by Crippen LogP contribution is -2.49. The van der Waals surface area contributed by atoms with Gasteiger partial charge in [-0.15, -0.1) is 0 Å². The smallest absolute Gasteiger partial charge is 0.320 e. The van der Waals surface area contributed by atoms with Crippen molar-refractivity contribution in [2.75, 3.05) is 32.8 Å². The molecule has 0 aromatic carbocycles. The first-order chi connectivity index (χ1) is 9.99. The lowest BCUT2D eigenvalue weighted by atomic mass is 9.85. The average molecular weight is 300 g/mol. The van der Waals surface area contributed by atoms with Gasteiger partial charge in [0.1, 0.15) is 0 Å². The van der Waals surface area contributed by atoms with Crippen molar-refractivity contribution < 1.29 is 19.8 Å². The second-order valence-electron chi connectivity index (χ2n) is 5.92. The molecule has 6 heteroatoms. The molecule has 1 aliphatic heterocycles. The molecule has 6 nitrogen and oxygen atoms in total. The van der Waals surface area contributed by atoms with E-state index in [-0.39, 0.29) is 30.9 Å². The highest BCUT2D eigenvalue weighted by Gasteiger charge is 2.30. The SMILES string of the molecule is CCCN(CCO)C(=O)N1CCCC(C(C)CC(=O)O)C1. The number of likely N-dealkylation sites (tertiary alicyclic amines) is 1. The Hall–Kier alpha value is -1.30. The van der Waals surface area contributed by atoms with Crippen LogP contribution in [0.3, 0.4) is 0 Å². The van der Waals surface area contributed by atoms with Crippen LogP contribution >= 0.6 is 0 Å². The molecule has 1 rings (SSSR count). The number of aliphatic hydroxyl groups excluding tert-OH is 1. The maximum Gasteiger partial charge on any atom is 0.320 e. The van der Waals surface area contributed by atoms with E-state index >= 15 is 0 Å². The van der Waals surface area contributed by atoms with Crippen molar-refractivity contribution in [1.82, 2.24) is 9.80 Å². The summed E-state index contributed by atoms with van der Waals surface area (Å²) in [5.74, 6) is -0.453. The molecule has 2 N–H and O–H groups in total. The number of piperidine rings is 1. The highest BCUT2D eigenvalue weighted by Crippen LogP contribution is 2.26. The monoisotopic (exact) mass is 300 g/mol. The van der Waals surface area contributed by atoms with Crippen LogP contribution in [0.1, 0.15) is 39.5 Å². The van der Waals surface area contributed by atoms with E-state index in [1.54, 1.807) is 4.90 Å². The number of aliphatic carboxylic acids is 1. The normalized spacial score (nSPS) is 20.1. The number of amides is 2. The fraction of sp³-hybridized carbons (Fsp3) is 0.867. The Bertz CT molecular complexity index is 343. The summed E-state index contributed by atoms with van der Waals surface area (Å²) in [6.45, 7) is 6.28. The van der Waals surface area contributed by atoms with E-state index in [0.717, 1.165) is 25.8 Å². The number of carbonyl (C=O) groups is 2. The van der Waals surface area contributed by atoms with E-state index in [1.165, 1.54) is 0 Å². The molecule has 0 aliphatic carbocycles. The molecule has 0 radical (unpaired) electrons. The molecule has 2 amide bonds. The van der Waals surface area contributed by atoms with Crippen molar-refractivity contribution in [2.24, 2.45) is 11.8 Å². The summed E-state index contributed by atoms with van der Waals surface area (Å²) >= 11 is 0. The van der Waals surface area contributed by atoms with Crippen molar-refractivity contribution in [1.29, 1.82) is 0 Å². The third-order valence-corrected chi connectivity index (χ3v) is 4.16. The molecule has 0 spiro atoms. The van der Waals surface area contributed by atoms with E-state index in [0.29, 0.717) is 19.6 Å². The summed E-state index contributed by atoms with van der Waals surface area (Å²) in [5.41, 5.74) is 0. The Morgan fingerprint density at radius 3 is 2.67 bits per heavy atom. The lowest BCUT2D eigenvalue weighted by Gasteiger charge is -2.38. The average Bonchev–Trinajstić information content (AvgIpc) is 2.45. The van der Waals surface area contributed by atoms with E-state index in [2.05, 4.69) is 0 Å². The molecule has 2 unspecified atom stereocenters. The van der Waals surface area contributed by atoms with Crippen LogP contribution in [0.5, 0.6) is 0 Å². The highest BCUT2D eigenvalue weighted by atomic mass is 16.4. The van der Waals surface area contributed by atoms with Crippen LogP contribution in [0.15, 0.2) is 0 Å². The summed E-state index contributed by atoms with van der Waals surface area (Å²) in [6.07, 6.45) is 2.91. The van der Waals surface area contributed by atoms with Gasteiger partial charge in [0.2, 0.25) is 0 Å². The molecule has 0 aromatic rings. The minimum absolute atomic E-state index is 0.0293. The first-order valence-electron chi connectivity index (χ1n) is 7.86. The number of urea groups is 1. The quantitative estimate of drug-likeness (QED) is 0.749. The number of rotatable bonds is 7. The van der Waals surface area contributed by atoms with Gasteiger partial charge in [-0.05, 0) is 31.1 Å². The van der Waals surface area contributed by atoms with Gasteiger partial charge in [0.05, 0.1) is 6.61 Å². The van der Waals surface area contributed by atoms with Gasteiger partial charge in [-0.3, -0.25) is 4.79 Å². The molecule has 1 heterocycles. The minimum atomic E-state index is -0.779. The maximum absolute atomic E-state index is 12.5. The third-order valence-electron chi connectivity index (χ3n) is 4.16. The minimum Gasteiger partial charge on any atom is -0.481 e. The number of aliphatic hydroxyl groups is 1. The van der Waals surface area contributed by atoms with Crippen molar-refractivity contribution >= 4 is 12.0 Å². The van der Waals surface area contributed by atoms with E-state index < -0.39 is 5.97 Å². The summed E-state index contributed by atoms with van der Waals surface area (Å²) in [6, 6.07) is -0.0295. The van der Waals surface area contributed by atoms with Crippen LogP contribution in [0.2, 0.25) is 0 Å². The molecular weight excluding hydrogens is 272 g/mol.